The third kappa shape index (κ3) is 4.72. The number of aryl methyl sites for hydroxylation is 1. The second-order valence-corrected chi connectivity index (χ2v) is 7.72. The Bertz CT molecular complexity index is 697. The van der Waals surface area contributed by atoms with Crippen LogP contribution in [0.2, 0.25) is 0 Å². The van der Waals surface area contributed by atoms with Gasteiger partial charge in [0, 0.05) is 63.2 Å². The lowest BCUT2D eigenvalue weighted by molar-refractivity contribution is 0.0498. The van der Waals surface area contributed by atoms with E-state index in [0.717, 1.165) is 39.1 Å². The molecule has 1 N–H and O–H groups in total. The van der Waals surface area contributed by atoms with E-state index in [1.165, 1.54) is 16.7 Å². The fraction of sp³-hybridized carbons (Fsp3) is 0.571. The van der Waals surface area contributed by atoms with Crippen molar-refractivity contribution >= 4 is 0 Å². The summed E-state index contributed by atoms with van der Waals surface area (Å²) in [5.41, 5.74) is 4.01. The maximum Gasteiger partial charge on any atom is 0.0534 e. The number of nitrogens with zero attached hydrogens (tertiary/aromatic N) is 4. The van der Waals surface area contributed by atoms with Crippen LogP contribution in [0.3, 0.4) is 0 Å². The Morgan fingerprint density at radius 3 is 2.69 bits per heavy atom. The topological polar surface area (TPSA) is 44.5 Å². The molecule has 1 saturated heterocycles. The van der Waals surface area contributed by atoms with Gasteiger partial charge in [0.05, 0.1) is 6.20 Å². The molecule has 26 heavy (non-hydrogen) atoms. The molecular formula is C21H32N4O. The minimum absolute atomic E-state index is 0.244. The normalized spacial score (nSPS) is 19.3. The van der Waals surface area contributed by atoms with Crippen LogP contribution >= 0.6 is 0 Å². The highest BCUT2D eigenvalue weighted by molar-refractivity contribution is 5.25. The zero-order valence-electron chi connectivity index (χ0n) is 16.3. The highest BCUT2D eigenvalue weighted by Gasteiger charge is 2.27. The first-order valence-corrected chi connectivity index (χ1v) is 9.71. The number of benzene rings is 1. The lowest BCUT2D eigenvalue weighted by Crippen LogP contribution is -2.52. The van der Waals surface area contributed by atoms with Gasteiger partial charge < -0.3 is 5.11 Å². The van der Waals surface area contributed by atoms with E-state index in [9.17, 15) is 5.11 Å². The summed E-state index contributed by atoms with van der Waals surface area (Å²) in [6.07, 6.45) is 4.97. The Labute approximate surface area is 157 Å². The quantitative estimate of drug-likeness (QED) is 0.829. The van der Waals surface area contributed by atoms with Gasteiger partial charge in [-0.1, -0.05) is 24.3 Å². The zero-order valence-corrected chi connectivity index (χ0v) is 16.3. The van der Waals surface area contributed by atoms with Gasteiger partial charge in [0.15, 0.2) is 0 Å². The van der Waals surface area contributed by atoms with Crippen LogP contribution in [0, 0.1) is 6.92 Å². The summed E-state index contributed by atoms with van der Waals surface area (Å²) in [7, 11) is 0. The monoisotopic (exact) mass is 356 g/mol. The summed E-state index contributed by atoms with van der Waals surface area (Å²) in [6, 6.07) is 9.41. The number of aromatic nitrogens is 2. The van der Waals surface area contributed by atoms with Crippen LogP contribution in [0.4, 0.5) is 0 Å². The van der Waals surface area contributed by atoms with E-state index in [-0.39, 0.29) is 6.61 Å². The number of rotatable bonds is 7. The van der Waals surface area contributed by atoms with Gasteiger partial charge in [-0.2, -0.15) is 5.10 Å². The molecule has 0 spiro atoms. The summed E-state index contributed by atoms with van der Waals surface area (Å²) < 4.78 is 2.02. The molecule has 0 bridgehead atoms. The molecule has 1 aromatic carbocycles. The van der Waals surface area contributed by atoms with Crippen molar-refractivity contribution in [1.82, 2.24) is 19.6 Å². The Morgan fingerprint density at radius 1 is 1.19 bits per heavy atom. The standard InChI is InChI=1S/C21H32N4O/c1-17(2)25-14-19(12-22-25)13-23-9-10-24(21(16-23)8-11-26)15-20-7-5-4-6-18(20)3/h4-7,12,14,17,21,26H,8-11,13,15-16H2,1-3H3/t21-/m0/s1. The third-order valence-corrected chi connectivity index (χ3v) is 5.38. The summed E-state index contributed by atoms with van der Waals surface area (Å²) >= 11 is 0. The molecule has 5 nitrogen and oxygen atoms in total. The number of hydrogen-bond acceptors (Lipinski definition) is 4. The Hall–Kier alpha value is -1.69. The number of aliphatic hydroxyl groups is 1. The van der Waals surface area contributed by atoms with E-state index >= 15 is 0 Å². The summed E-state index contributed by atoms with van der Waals surface area (Å²) in [5, 5.41) is 14.0. The van der Waals surface area contributed by atoms with Crippen molar-refractivity contribution in [1.29, 1.82) is 0 Å². The number of aliphatic hydroxyl groups excluding tert-OH is 1. The SMILES string of the molecule is Cc1ccccc1CN1CCN(Cc2cnn(C(C)C)c2)C[C@@H]1CCO. The maximum absolute atomic E-state index is 9.54. The first-order chi connectivity index (χ1) is 12.6. The van der Waals surface area contributed by atoms with Crippen molar-refractivity contribution in [2.45, 2.75) is 52.4 Å². The minimum Gasteiger partial charge on any atom is -0.396 e. The van der Waals surface area contributed by atoms with Gasteiger partial charge in [-0.15, -0.1) is 0 Å². The van der Waals surface area contributed by atoms with E-state index in [0.29, 0.717) is 12.1 Å². The van der Waals surface area contributed by atoms with Crippen LogP contribution in [0.25, 0.3) is 0 Å². The minimum atomic E-state index is 0.244. The molecule has 2 heterocycles. The van der Waals surface area contributed by atoms with Crippen LogP contribution in [-0.4, -0.2) is 57.0 Å². The summed E-state index contributed by atoms with van der Waals surface area (Å²) in [5.74, 6) is 0. The van der Waals surface area contributed by atoms with E-state index in [1.807, 2.05) is 10.9 Å². The van der Waals surface area contributed by atoms with Crippen molar-refractivity contribution in [2.24, 2.45) is 0 Å². The van der Waals surface area contributed by atoms with Crippen molar-refractivity contribution in [3.63, 3.8) is 0 Å². The Kier molecular flexibility index (Phi) is 6.46. The molecule has 0 unspecified atom stereocenters. The molecule has 1 aromatic heterocycles. The van der Waals surface area contributed by atoms with E-state index < -0.39 is 0 Å². The average Bonchev–Trinajstić information content (AvgIpc) is 3.08. The molecule has 0 saturated carbocycles. The van der Waals surface area contributed by atoms with Crippen LogP contribution < -0.4 is 0 Å². The zero-order chi connectivity index (χ0) is 18.5. The maximum atomic E-state index is 9.54. The van der Waals surface area contributed by atoms with E-state index in [4.69, 9.17) is 0 Å². The van der Waals surface area contributed by atoms with E-state index in [2.05, 4.69) is 66.1 Å². The molecule has 1 fully saturated rings. The molecule has 5 heteroatoms. The van der Waals surface area contributed by atoms with Gasteiger partial charge in [0.2, 0.25) is 0 Å². The van der Waals surface area contributed by atoms with Gasteiger partial charge >= 0.3 is 0 Å². The third-order valence-electron chi connectivity index (χ3n) is 5.38. The second-order valence-electron chi connectivity index (χ2n) is 7.72. The van der Waals surface area contributed by atoms with Gasteiger partial charge in [0.25, 0.3) is 0 Å². The predicted molar refractivity (Wildman–Crippen MR) is 105 cm³/mol. The molecule has 0 radical (unpaired) electrons. The smallest absolute Gasteiger partial charge is 0.0534 e. The van der Waals surface area contributed by atoms with Crippen molar-refractivity contribution < 1.29 is 5.11 Å². The molecule has 0 amide bonds. The summed E-state index contributed by atoms with van der Waals surface area (Å²) in [6.45, 7) is 11.7. The summed E-state index contributed by atoms with van der Waals surface area (Å²) in [4.78, 5) is 5.03. The fourth-order valence-electron chi connectivity index (χ4n) is 3.74. The lowest BCUT2D eigenvalue weighted by Gasteiger charge is -2.41. The van der Waals surface area contributed by atoms with Gasteiger partial charge in [0.1, 0.15) is 0 Å². The highest BCUT2D eigenvalue weighted by atomic mass is 16.3. The number of hydrogen-bond donors (Lipinski definition) is 1. The molecule has 0 aliphatic carbocycles. The highest BCUT2D eigenvalue weighted by Crippen LogP contribution is 2.20. The van der Waals surface area contributed by atoms with Crippen molar-refractivity contribution in [2.75, 3.05) is 26.2 Å². The molecule has 1 aliphatic heterocycles. The molecule has 1 atom stereocenters. The Morgan fingerprint density at radius 2 is 2.00 bits per heavy atom. The molecule has 2 aromatic rings. The van der Waals surface area contributed by atoms with Gasteiger partial charge in [-0.3, -0.25) is 14.5 Å². The van der Waals surface area contributed by atoms with Crippen LogP contribution in [0.15, 0.2) is 36.7 Å². The van der Waals surface area contributed by atoms with Gasteiger partial charge in [-0.05, 0) is 38.3 Å². The molecule has 1 aliphatic rings. The fourth-order valence-corrected chi connectivity index (χ4v) is 3.74. The molecule has 142 valence electrons. The largest absolute Gasteiger partial charge is 0.396 e. The molecular weight excluding hydrogens is 324 g/mol. The van der Waals surface area contributed by atoms with E-state index in [1.54, 1.807) is 0 Å². The van der Waals surface area contributed by atoms with Crippen molar-refractivity contribution in [3.05, 3.63) is 53.3 Å². The van der Waals surface area contributed by atoms with Crippen LogP contribution in [0.5, 0.6) is 0 Å². The second kappa shape index (κ2) is 8.80. The first kappa shape index (κ1) is 19.1. The lowest BCUT2D eigenvalue weighted by atomic mass is 10.0. The van der Waals surface area contributed by atoms with Crippen LogP contribution in [-0.2, 0) is 13.1 Å². The predicted octanol–water partition coefficient (Wildman–Crippen LogP) is 2.84. The molecule has 3 rings (SSSR count). The average molecular weight is 357 g/mol. The van der Waals surface area contributed by atoms with Crippen LogP contribution in [0.1, 0.15) is 43.0 Å². The van der Waals surface area contributed by atoms with Crippen molar-refractivity contribution in [3.8, 4) is 0 Å². The van der Waals surface area contributed by atoms with Gasteiger partial charge in [-0.25, -0.2) is 0 Å². The Balaban J connectivity index is 1.62. The first-order valence-electron chi connectivity index (χ1n) is 9.71. The number of piperazine rings is 1.